The van der Waals surface area contributed by atoms with E-state index in [0.717, 1.165) is 28.0 Å². The Morgan fingerprint density at radius 2 is 1.72 bits per heavy atom. The number of hydrogen-bond acceptors (Lipinski definition) is 6. The van der Waals surface area contributed by atoms with Crippen molar-refractivity contribution in [2.24, 2.45) is 12.8 Å². The van der Waals surface area contributed by atoms with E-state index in [9.17, 15) is 13.2 Å². The van der Waals surface area contributed by atoms with Crippen molar-refractivity contribution < 1.29 is 13.2 Å². The van der Waals surface area contributed by atoms with Gasteiger partial charge in [-0.05, 0) is 66.8 Å². The average Bonchev–Trinajstić information content (AvgIpc) is 3.22. The number of hydrogen-bond donors (Lipinski definition) is 2. The van der Waals surface area contributed by atoms with Crippen LogP contribution in [0.4, 0.5) is 5.82 Å². The summed E-state index contributed by atoms with van der Waals surface area (Å²) in [4.78, 5) is 16.4. The minimum atomic E-state index is -3.60. The van der Waals surface area contributed by atoms with E-state index in [1.165, 1.54) is 0 Å². The molecular weight excluding hydrogens is 476 g/mol. The molecule has 3 N–H and O–H groups in total. The second-order valence-electron chi connectivity index (χ2n) is 9.14. The number of aromatic nitrogens is 3. The van der Waals surface area contributed by atoms with Gasteiger partial charge in [-0.15, -0.1) is 0 Å². The van der Waals surface area contributed by atoms with Crippen LogP contribution in [0.5, 0.6) is 0 Å². The second kappa shape index (κ2) is 9.36. The Hall–Kier alpha value is -3.76. The number of fused-ring (bicyclic) bond motifs is 1. The van der Waals surface area contributed by atoms with Crippen molar-refractivity contribution in [2.45, 2.75) is 30.7 Å². The van der Waals surface area contributed by atoms with Crippen LogP contribution in [0.1, 0.15) is 28.9 Å². The lowest BCUT2D eigenvalue weighted by atomic mass is 10.0. The van der Waals surface area contributed by atoms with E-state index in [1.54, 1.807) is 40.3 Å². The first-order chi connectivity index (χ1) is 17.2. The number of rotatable bonds is 6. The number of sulfonamides is 1. The number of nitrogens with two attached hydrogens (primary N) is 1. The maximum atomic E-state index is 13.3. The van der Waals surface area contributed by atoms with Gasteiger partial charge in [0.05, 0.1) is 10.4 Å². The summed E-state index contributed by atoms with van der Waals surface area (Å²) in [5, 5.41) is 8.27. The van der Waals surface area contributed by atoms with Crippen molar-refractivity contribution >= 4 is 32.7 Å². The summed E-state index contributed by atoms with van der Waals surface area (Å²) in [6.07, 6.45) is 3.23. The summed E-state index contributed by atoms with van der Waals surface area (Å²) < 4.78 is 29.7. The highest BCUT2D eigenvalue weighted by atomic mass is 32.2. The number of carbonyl (C=O) groups excluding carboxylic acids is 1. The molecule has 5 rings (SSSR count). The van der Waals surface area contributed by atoms with Crippen LogP contribution in [0.15, 0.2) is 65.7 Å². The number of nitrogens with zero attached hydrogens (tertiary/aromatic N) is 4. The molecular formula is C26H28N6O3S. The van der Waals surface area contributed by atoms with Crippen LogP contribution in [-0.2, 0) is 17.1 Å². The van der Waals surface area contributed by atoms with Gasteiger partial charge in [0.15, 0.2) is 5.69 Å². The first-order valence-electron chi connectivity index (χ1n) is 11.8. The highest BCUT2D eigenvalue weighted by Gasteiger charge is 2.29. The molecule has 0 aliphatic carbocycles. The van der Waals surface area contributed by atoms with Crippen molar-refractivity contribution in [3.63, 3.8) is 0 Å². The van der Waals surface area contributed by atoms with Crippen LogP contribution in [-0.4, -0.2) is 52.5 Å². The summed E-state index contributed by atoms with van der Waals surface area (Å²) in [5.41, 5.74) is 9.27. The Morgan fingerprint density at radius 1 is 1.03 bits per heavy atom. The zero-order chi connectivity index (χ0) is 25.4. The molecule has 0 radical (unpaired) electrons. The third-order valence-electron chi connectivity index (χ3n) is 6.63. The molecule has 9 nitrogen and oxygen atoms in total. The van der Waals surface area contributed by atoms with Crippen molar-refractivity contribution in [1.29, 1.82) is 0 Å². The molecule has 36 heavy (non-hydrogen) atoms. The summed E-state index contributed by atoms with van der Waals surface area (Å²) in [6.45, 7) is 2.88. The monoisotopic (exact) mass is 504 g/mol. The highest BCUT2D eigenvalue weighted by molar-refractivity contribution is 7.89. The maximum Gasteiger partial charge on any atom is 0.269 e. The summed E-state index contributed by atoms with van der Waals surface area (Å²) in [7, 11) is -1.84. The normalized spacial score (nSPS) is 15.3. The van der Waals surface area contributed by atoms with E-state index < -0.39 is 15.9 Å². The number of nitrogens with one attached hydrogen (secondary N) is 1. The van der Waals surface area contributed by atoms with Gasteiger partial charge in [-0.2, -0.15) is 9.40 Å². The molecule has 2 aromatic carbocycles. The first kappa shape index (κ1) is 24.0. The minimum Gasteiger partial charge on any atom is -0.367 e. The zero-order valence-corrected chi connectivity index (χ0v) is 21.0. The van der Waals surface area contributed by atoms with Crippen molar-refractivity contribution in [2.75, 3.05) is 18.4 Å². The molecule has 1 fully saturated rings. The van der Waals surface area contributed by atoms with Crippen LogP contribution < -0.4 is 11.1 Å². The number of carbonyl (C=O) groups is 1. The predicted molar refractivity (Wildman–Crippen MR) is 139 cm³/mol. The van der Waals surface area contributed by atoms with Gasteiger partial charge in [0.2, 0.25) is 10.0 Å². The van der Waals surface area contributed by atoms with Crippen LogP contribution in [0.25, 0.3) is 22.0 Å². The molecule has 2 aromatic heterocycles. The summed E-state index contributed by atoms with van der Waals surface area (Å²) >= 11 is 0. The smallest absolute Gasteiger partial charge is 0.269 e. The number of aryl methyl sites for hydroxylation is 2. The fraction of sp³-hybridized carbons (Fsp3) is 0.269. The molecule has 4 aromatic rings. The molecule has 1 saturated heterocycles. The van der Waals surface area contributed by atoms with E-state index in [-0.39, 0.29) is 16.6 Å². The largest absolute Gasteiger partial charge is 0.367 e. The molecule has 0 atom stereocenters. The number of benzene rings is 2. The Bertz CT molecular complexity index is 1520. The molecule has 0 bridgehead atoms. The fourth-order valence-corrected chi connectivity index (χ4v) is 6.07. The highest BCUT2D eigenvalue weighted by Crippen LogP contribution is 2.29. The molecule has 0 spiro atoms. The van der Waals surface area contributed by atoms with Crippen molar-refractivity contribution in [3.05, 3.63) is 72.1 Å². The Balaban J connectivity index is 1.29. The van der Waals surface area contributed by atoms with E-state index >= 15 is 0 Å². The van der Waals surface area contributed by atoms with E-state index in [2.05, 4.69) is 15.4 Å². The zero-order valence-electron chi connectivity index (χ0n) is 20.2. The molecule has 186 valence electrons. The van der Waals surface area contributed by atoms with Crippen LogP contribution >= 0.6 is 0 Å². The van der Waals surface area contributed by atoms with Gasteiger partial charge in [0, 0.05) is 37.8 Å². The Labute approximate surface area is 210 Å². The molecule has 0 unspecified atom stereocenters. The summed E-state index contributed by atoms with van der Waals surface area (Å²) in [6, 6.07) is 16.6. The molecule has 1 amide bonds. The Kier molecular flexibility index (Phi) is 6.23. The predicted octanol–water partition coefficient (Wildman–Crippen LogP) is 3.31. The van der Waals surface area contributed by atoms with Gasteiger partial charge in [-0.1, -0.05) is 24.3 Å². The van der Waals surface area contributed by atoms with Crippen LogP contribution in [0, 0.1) is 6.92 Å². The topological polar surface area (TPSA) is 123 Å². The van der Waals surface area contributed by atoms with Crippen LogP contribution in [0.3, 0.4) is 0 Å². The standard InChI is InChI=1S/C26H28N6O3S/c1-17-3-10-24(28-16-17)29-20-11-13-32(14-12-20)36(34,35)21-7-4-18(5-8-21)19-6-9-23-22(15-19)25(26(27)33)30-31(23)2/h3-10,15-16,20H,11-14H2,1-2H3,(H2,27,33)(H,28,29). The summed E-state index contributed by atoms with van der Waals surface area (Å²) in [5.74, 6) is 0.221. The lowest BCUT2D eigenvalue weighted by molar-refractivity contribution is 0.0996. The van der Waals surface area contributed by atoms with Gasteiger partial charge < -0.3 is 11.1 Å². The number of primary amides is 1. The van der Waals surface area contributed by atoms with Gasteiger partial charge in [-0.25, -0.2) is 13.4 Å². The second-order valence-corrected chi connectivity index (χ2v) is 11.1. The van der Waals surface area contributed by atoms with Gasteiger partial charge in [0.25, 0.3) is 5.91 Å². The molecule has 1 aliphatic heterocycles. The van der Waals surface area contributed by atoms with Gasteiger partial charge in [-0.3, -0.25) is 9.48 Å². The number of anilines is 1. The molecule has 0 saturated carbocycles. The van der Waals surface area contributed by atoms with E-state index in [4.69, 9.17) is 5.73 Å². The van der Waals surface area contributed by atoms with Gasteiger partial charge >= 0.3 is 0 Å². The Morgan fingerprint density at radius 3 is 2.36 bits per heavy atom. The molecule has 1 aliphatic rings. The lowest BCUT2D eigenvalue weighted by Gasteiger charge is -2.32. The molecule has 10 heteroatoms. The number of amides is 1. The average molecular weight is 505 g/mol. The minimum absolute atomic E-state index is 0.182. The lowest BCUT2D eigenvalue weighted by Crippen LogP contribution is -2.42. The quantitative estimate of drug-likeness (QED) is 0.415. The fourth-order valence-electron chi connectivity index (χ4n) is 4.60. The first-order valence-corrected chi connectivity index (χ1v) is 13.2. The third-order valence-corrected chi connectivity index (χ3v) is 8.54. The van der Waals surface area contributed by atoms with Crippen molar-refractivity contribution in [1.82, 2.24) is 19.1 Å². The van der Waals surface area contributed by atoms with E-state index in [1.807, 2.05) is 43.5 Å². The van der Waals surface area contributed by atoms with Gasteiger partial charge in [0.1, 0.15) is 5.82 Å². The van der Waals surface area contributed by atoms with Crippen LogP contribution in [0.2, 0.25) is 0 Å². The number of pyridine rings is 1. The van der Waals surface area contributed by atoms with E-state index in [0.29, 0.717) is 31.3 Å². The number of piperidine rings is 1. The maximum absolute atomic E-state index is 13.3. The SMILES string of the molecule is Cc1ccc(NC2CCN(S(=O)(=O)c3ccc(-c4ccc5c(c4)c(C(N)=O)nn5C)cc3)CC2)nc1. The van der Waals surface area contributed by atoms with Crippen molar-refractivity contribution in [3.8, 4) is 11.1 Å². The third kappa shape index (κ3) is 4.57. The molecule has 3 heterocycles.